The summed E-state index contributed by atoms with van der Waals surface area (Å²) in [7, 11) is 1.68. The molecule has 1 fully saturated rings. The van der Waals surface area contributed by atoms with Crippen LogP contribution in [0.5, 0.6) is 0 Å². The monoisotopic (exact) mass is 312 g/mol. The Morgan fingerprint density at radius 3 is 2.67 bits per heavy atom. The fraction of sp³-hybridized carbons (Fsp3) is 0.500. The summed E-state index contributed by atoms with van der Waals surface area (Å²) in [4.78, 5) is 24.3. The zero-order valence-electron chi connectivity index (χ0n) is 11.8. The Kier molecular flexibility index (Phi) is 5.14. The number of hydrogen-bond acceptors (Lipinski definition) is 4. The van der Waals surface area contributed by atoms with Crippen molar-refractivity contribution in [1.82, 2.24) is 4.90 Å². The molecule has 1 aliphatic heterocycles. The van der Waals surface area contributed by atoms with Gasteiger partial charge in [0.1, 0.15) is 5.02 Å². The van der Waals surface area contributed by atoms with Crippen LogP contribution in [-0.2, 0) is 4.74 Å². The molecule has 21 heavy (non-hydrogen) atoms. The largest absolute Gasteiger partial charge is 0.384 e. The standard InChI is InChI=1S/C14H17ClN2O4/c1-21-9-10-4-6-16(7-5-10)14(18)11-2-3-13(17(19)20)12(15)8-11/h2-3,8,10H,4-7,9H2,1H3. The highest BCUT2D eigenvalue weighted by molar-refractivity contribution is 6.33. The van der Waals surface area contributed by atoms with Gasteiger partial charge in [0.2, 0.25) is 0 Å². The predicted octanol–water partition coefficient (Wildman–Crippen LogP) is 2.75. The molecule has 1 heterocycles. The lowest BCUT2D eigenvalue weighted by Gasteiger charge is -2.31. The molecule has 0 spiro atoms. The van der Waals surface area contributed by atoms with Crippen LogP contribution in [0.1, 0.15) is 23.2 Å². The molecule has 2 rings (SSSR count). The van der Waals surface area contributed by atoms with E-state index in [2.05, 4.69) is 0 Å². The van der Waals surface area contributed by atoms with Crippen LogP contribution in [0.3, 0.4) is 0 Å². The van der Waals surface area contributed by atoms with Crippen LogP contribution in [0.2, 0.25) is 5.02 Å². The predicted molar refractivity (Wildman–Crippen MR) is 78.6 cm³/mol. The van der Waals surface area contributed by atoms with Crippen molar-refractivity contribution in [2.24, 2.45) is 5.92 Å². The number of ether oxygens (including phenoxy) is 1. The second-order valence-electron chi connectivity index (χ2n) is 5.11. The van der Waals surface area contributed by atoms with E-state index >= 15 is 0 Å². The molecule has 7 heteroatoms. The van der Waals surface area contributed by atoms with Gasteiger partial charge in [-0.05, 0) is 30.9 Å². The minimum atomic E-state index is -0.563. The van der Waals surface area contributed by atoms with Crippen molar-refractivity contribution in [3.8, 4) is 0 Å². The second kappa shape index (κ2) is 6.87. The molecule has 0 saturated carbocycles. The molecule has 1 aliphatic rings. The van der Waals surface area contributed by atoms with Crippen LogP contribution in [0, 0.1) is 16.0 Å². The third kappa shape index (κ3) is 3.71. The Labute approximate surface area is 127 Å². The van der Waals surface area contributed by atoms with E-state index in [9.17, 15) is 14.9 Å². The van der Waals surface area contributed by atoms with Crippen molar-refractivity contribution in [3.63, 3.8) is 0 Å². The van der Waals surface area contributed by atoms with Gasteiger partial charge in [-0.25, -0.2) is 0 Å². The number of piperidine rings is 1. The third-order valence-corrected chi connectivity index (χ3v) is 4.00. The lowest BCUT2D eigenvalue weighted by molar-refractivity contribution is -0.384. The Morgan fingerprint density at radius 2 is 2.14 bits per heavy atom. The van der Waals surface area contributed by atoms with Crippen LogP contribution in [-0.4, -0.2) is 42.5 Å². The van der Waals surface area contributed by atoms with Crippen molar-refractivity contribution >= 4 is 23.2 Å². The van der Waals surface area contributed by atoms with Gasteiger partial charge in [-0.3, -0.25) is 14.9 Å². The molecule has 1 aromatic carbocycles. The molecule has 114 valence electrons. The first-order valence-electron chi connectivity index (χ1n) is 6.75. The normalized spacial score (nSPS) is 16.0. The van der Waals surface area contributed by atoms with E-state index in [1.54, 1.807) is 12.0 Å². The topological polar surface area (TPSA) is 72.7 Å². The lowest BCUT2D eigenvalue weighted by atomic mass is 9.97. The maximum atomic E-state index is 12.4. The van der Waals surface area contributed by atoms with Gasteiger partial charge in [0.05, 0.1) is 4.92 Å². The summed E-state index contributed by atoms with van der Waals surface area (Å²) in [5.41, 5.74) is 0.197. The quantitative estimate of drug-likeness (QED) is 0.633. The highest BCUT2D eigenvalue weighted by atomic mass is 35.5. The van der Waals surface area contributed by atoms with E-state index in [0.29, 0.717) is 31.2 Å². The van der Waals surface area contributed by atoms with Crippen molar-refractivity contribution < 1.29 is 14.5 Å². The van der Waals surface area contributed by atoms with Crippen molar-refractivity contribution in [1.29, 1.82) is 0 Å². The first kappa shape index (κ1) is 15.7. The molecule has 0 N–H and O–H groups in total. The van der Waals surface area contributed by atoms with E-state index in [1.165, 1.54) is 18.2 Å². The molecule has 0 radical (unpaired) electrons. The summed E-state index contributed by atoms with van der Waals surface area (Å²) in [6.45, 7) is 2.05. The smallest absolute Gasteiger partial charge is 0.287 e. The van der Waals surface area contributed by atoms with Gasteiger partial charge in [0, 0.05) is 38.4 Å². The number of nitrogens with zero attached hydrogens (tertiary/aromatic N) is 2. The van der Waals surface area contributed by atoms with Crippen LogP contribution in [0.15, 0.2) is 18.2 Å². The molecule has 0 unspecified atom stereocenters. The first-order chi connectivity index (χ1) is 10.0. The molecular formula is C14H17ClN2O4. The molecule has 0 aliphatic carbocycles. The number of likely N-dealkylation sites (tertiary alicyclic amines) is 1. The molecule has 0 bridgehead atoms. The molecule has 1 amide bonds. The number of nitro groups is 1. The average molecular weight is 313 g/mol. The Morgan fingerprint density at radius 1 is 1.48 bits per heavy atom. The SMILES string of the molecule is COCC1CCN(C(=O)c2ccc([N+](=O)[O-])c(Cl)c2)CC1. The van der Waals surface area contributed by atoms with Gasteiger partial charge in [-0.15, -0.1) is 0 Å². The number of nitro benzene ring substituents is 1. The Balaban J connectivity index is 2.04. The van der Waals surface area contributed by atoms with Gasteiger partial charge in [-0.2, -0.15) is 0 Å². The summed E-state index contributed by atoms with van der Waals surface area (Å²) in [5, 5.41) is 10.7. The zero-order valence-corrected chi connectivity index (χ0v) is 12.5. The van der Waals surface area contributed by atoms with Crippen molar-refractivity contribution in [3.05, 3.63) is 38.9 Å². The van der Waals surface area contributed by atoms with E-state index in [4.69, 9.17) is 16.3 Å². The van der Waals surface area contributed by atoms with Crippen LogP contribution in [0.4, 0.5) is 5.69 Å². The maximum absolute atomic E-state index is 12.4. The van der Waals surface area contributed by atoms with Gasteiger partial charge in [-0.1, -0.05) is 11.6 Å². The number of rotatable bonds is 4. The summed E-state index contributed by atoms with van der Waals surface area (Å²) >= 11 is 5.84. The molecule has 0 atom stereocenters. The van der Waals surface area contributed by atoms with Crippen LogP contribution in [0.25, 0.3) is 0 Å². The van der Waals surface area contributed by atoms with Gasteiger partial charge >= 0.3 is 0 Å². The average Bonchev–Trinajstić information content (AvgIpc) is 2.47. The van der Waals surface area contributed by atoms with Crippen molar-refractivity contribution in [2.45, 2.75) is 12.8 Å². The third-order valence-electron chi connectivity index (χ3n) is 3.70. The second-order valence-corrected chi connectivity index (χ2v) is 5.52. The fourth-order valence-electron chi connectivity index (χ4n) is 2.51. The molecule has 0 aromatic heterocycles. The molecular weight excluding hydrogens is 296 g/mol. The maximum Gasteiger partial charge on any atom is 0.287 e. The molecule has 1 saturated heterocycles. The van der Waals surface area contributed by atoms with Gasteiger partial charge < -0.3 is 9.64 Å². The van der Waals surface area contributed by atoms with Gasteiger partial charge in [0.25, 0.3) is 11.6 Å². The van der Waals surface area contributed by atoms with E-state index in [-0.39, 0.29) is 16.6 Å². The summed E-state index contributed by atoms with van der Waals surface area (Å²) in [6, 6.07) is 4.09. The first-order valence-corrected chi connectivity index (χ1v) is 7.13. The minimum absolute atomic E-state index is 0.0138. The van der Waals surface area contributed by atoms with Crippen LogP contribution < -0.4 is 0 Å². The summed E-state index contributed by atoms with van der Waals surface area (Å²) in [6.07, 6.45) is 1.81. The Hall–Kier alpha value is -1.66. The highest BCUT2D eigenvalue weighted by Crippen LogP contribution is 2.26. The summed E-state index contributed by atoms with van der Waals surface area (Å²) in [5.74, 6) is 0.349. The lowest BCUT2D eigenvalue weighted by Crippen LogP contribution is -2.39. The van der Waals surface area contributed by atoms with E-state index in [0.717, 1.165) is 12.8 Å². The highest BCUT2D eigenvalue weighted by Gasteiger charge is 2.24. The molecule has 6 nitrogen and oxygen atoms in total. The van der Waals surface area contributed by atoms with Gasteiger partial charge in [0.15, 0.2) is 0 Å². The fourth-order valence-corrected chi connectivity index (χ4v) is 2.76. The van der Waals surface area contributed by atoms with Crippen molar-refractivity contribution in [2.75, 3.05) is 26.8 Å². The van der Waals surface area contributed by atoms with E-state index < -0.39 is 4.92 Å². The minimum Gasteiger partial charge on any atom is -0.384 e. The van der Waals surface area contributed by atoms with E-state index in [1.807, 2.05) is 0 Å². The number of amides is 1. The summed E-state index contributed by atoms with van der Waals surface area (Å²) < 4.78 is 5.13. The number of carbonyl (C=O) groups is 1. The Bertz CT molecular complexity index is 542. The number of carbonyl (C=O) groups excluding carboxylic acids is 1. The number of methoxy groups -OCH3 is 1. The van der Waals surface area contributed by atoms with Crippen LogP contribution >= 0.6 is 11.6 Å². The number of halogens is 1. The zero-order chi connectivity index (χ0) is 15.4. The number of hydrogen-bond donors (Lipinski definition) is 0. The number of benzene rings is 1. The molecule has 1 aromatic rings.